The second kappa shape index (κ2) is 4.84. The van der Waals surface area contributed by atoms with Crippen molar-refractivity contribution in [1.29, 1.82) is 0 Å². The monoisotopic (exact) mass is 210 g/mol. The molecule has 2 rings (SSSR count). The molecule has 0 unspecified atom stereocenters. The van der Waals surface area contributed by atoms with Crippen molar-refractivity contribution in [3.8, 4) is 0 Å². The fraction of sp³-hybridized carbons (Fsp3) is 1.00. The molecule has 0 aromatic heterocycles. The number of hydrogen-bond donors (Lipinski definition) is 1. The molecule has 0 aromatic carbocycles. The van der Waals surface area contributed by atoms with Gasteiger partial charge in [0, 0.05) is 18.6 Å². The van der Waals surface area contributed by atoms with Crippen LogP contribution in [0.1, 0.15) is 45.4 Å². The Morgan fingerprint density at radius 1 is 1.13 bits per heavy atom. The third kappa shape index (κ3) is 2.94. The molecule has 0 bridgehead atoms. The van der Waals surface area contributed by atoms with E-state index >= 15 is 0 Å². The Bertz CT molecular complexity index is 191. The Morgan fingerprint density at radius 3 is 2.27 bits per heavy atom. The number of hydrogen-bond acceptors (Lipinski definition) is 2. The van der Waals surface area contributed by atoms with Gasteiger partial charge < -0.3 is 10.6 Å². The van der Waals surface area contributed by atoms with Gasteiger partial charge in [0.25, 0.3) is 0 Å². The van der Waals surface area contributed by atoms with E-state index in [9.17, 15) is 0 Å². The highest BCUT2D eigenvalue weighted by atomic mass is 15.1. The minimum atomic E-state index is 0.509. The molecule has 2 aliphatic rings. The van der Waals surface area contributed by atoms with Gasteiger partial charge in [-0.15, -0.1) is 0 Å². The van der Waals surface area contributed by atoms with E-state index < -0.39 is 0 Å². The third-order valence-electron chi connectivity index (χ3n) is 4.43. The lowest BCUT2D eigenvalue weighted by Gasteiger charge is -2.40. The summed E-state index contributed by atoms with van der Waals surface area (Å²) in [4.78, 5) is 2.60. The number of nitrogens with zero attached hydrogens (tertiary/aromatic N) is 1. The van der Waals surface area contributed by atoms with E-state index in [1.165, 1.54) is 45.1 Å². The molecule has 0 amide bonds. The molecule has 0 radical (unpaired) electrons. The smallest absolute Gasteiger partial charge is 0.00925 e. The summed E-state index contributed by atoms with van der Waals surface area (Å²) in [5, 5.41) is 0. The first kappa shape index (κ1) is 11.4. The summed E-state index contributed by atoms with van der Waals surface area (Å²) < 4.78 is 0. The lowest BCUT2D eigenvalue weighted by molar-refractivity contribution is 0.115. The van der Waals surface area contributed by atoms with Crippen molar-refractivity contribution in [1.82, 2.24) is 4.90 Å². The molecule has 0 spiro atoms. The van der Waals surface area contributed by atoms with Gasteiger partial charge in [-0.25, -0.2) is 0 Å². The predicted octanol–water partition coefficient (Wildman–Crippen LogP) is 2.23. The molecule has 0 saturated heterocycles. The zero-order chi connectivity index (χ0) is 10.8. The van der Waals surface area contributed by atoms with Crippen LogP contribution in [0.4, 0.5) is 0 Å². The first-order chi connectivity index (χ1) is 7.15. The molecule has 2 saturated carbocycles. The van der Waals surface area contributed by atoms with Gasteiger partial charge in [-0.05, 0) is 57.4 Å². The van der Waals surface area contributed by atoms with Crippen LogP contribution in [0, 0.1) is 11.8 Å². The van der Waals surface area contributed by atoms with Gasteiger partial charge in [0.05, 0.1) is 0 Å². The molecule has 2 heteroatoms. The molecule has 0 heterocycles. The minimum Gasteiger partial charge on any atom is -0.328 e. The number of rotatable bonds is 3. The van der Waals surface area contributed by atoms with Crippen LogP contribution in [-0.4, -0.2) is 30.6 Å². The lowest BCUT2D eigenvalue weighted by Crippen LogP contribution is -2.45. The predicted molar refractivity (Wildman–Crippen MR) is 64.7 cm³/mol. The van der Waals surface area contributed by atoms with E-state index in [4.69, 9.17) is 5.73 Å². The van der Waals surface area contributed by atoms with Gasteiger partial charge in [0.2, 0.25) is 0 Å². The van der Waals surface area contributed by atoms with E-state index in [2.05, 4.69) is 18.9 Å². The Labute approximate surface area is 94.2 Å². The zero-order valence-corrected chi connectivity index (χ0v) is 10.3. The Kier molecular flexibility index (Phi) is 3.68. The van der Waals surface area contributed by atoms with Crippen molar-refractivity contribution in [2.45, 2.75) is 57.5 Å². The Morgan fingerprint density at radius 2 is 1.73 bits per heavy atom. The summed E-state index contributed by atoms with van der Waals surface area (Å²) in [5.41, 5.74) is 5.82. The highest BCUT2D eigenvalue weighted by Gasteiger charge is 2.29. The van der Waals surface area contributed by atoms with Crippen molar-refractivity contribution in [3.63, 3.8) is 0 Å². The van der Waals surface area contributed by atoms with Crippen LogP contribution >= 0.6 is 0 Å². The standard InChI is InChI=1S/C13H26N2/c1-10-3-5-13(6-4-10)15(2)9-11-7-12(14)8-11/h10-13H,3-9,14H2,1-2H3. The second-order valence-electron chi connectivity index (χ2n) is 5.95. The molecule has 0 aromatic rings. The summed E-state index contributed by atoms with van der Waals surface area (Å²) >= 11 is 0. The van der Waals surface area contributed by atoms with Crippen LogP contribution in [0.15, 0.2) is 0 Å². The minimum absolute atomic E-state index is 0.509. The molecule has 2 nitrogen and oxygen atoms in total. The molecule has 2 N–H and O–H groups in total. The summed E-state index contributed by atoms with van der Waals surface area (Å²) in [6.45, 7) is 3.67. The van der Waals surface area contributed by atoms with Crippen molar-refractivity contribution < 1.29 is 0 Å². The molecule has 0 atom stereocenters. The first-order valence-electron chi connectivity index (χ1n) is 6.61. The van der Waals surface area contributed by atoms with Gasteiger partial charge in [-0.3, -0.25) is 0 Å². The molecular weight excluding hydrogens is 184 g/mol. The molecule has 0 aliphatic heterocycles. The quantitative estimate of drug-likeness (QED) is 0.774. The molecular formula is C13H26N2. The van der Waals surface area contributed by atoms with Gasteiger partial charge in [0.15, 0.2) is 0 Å². The van der Waals surface area contributed by atoms with Gasteiger partial charge in [-0.1, -0.05) is 6.92 Å². The van der Waals surface area contributed by atoms with E-state index in [1.807, 2.05) is 0 Å². The van der Waals surface area contributed by atoms with Crippen molar-refractivity contribution in [3.05, 3.63) is 0 Å². The third-order valence-corrected chi connectivity index (χ3v) is 4.43. The van der Waals surface area contributed by atoms with Crippen LogP contribution in [0.5, 0.6) is 0 Å². The lowest BCUT2D eigenvalue weighted by atomic mass is 9.79. The molecule has 2 fully saturated rings. The Balaban J connectivity index is 1.69. The largest absolute Gasteiger partial charge is 0.328 e. The van der Waals surface area contributed by atoms with Gasteiger partial charge in [0.1, 0.15) is 0 Å². The van der Waals surface area contributed by atoms with Crippen LogP contribution in [0.25, 0.3) is 0 Å². The first-order valence-corrected chi connectivity index (χ1v) is 6.61. The average molecular weight is 210 g/mol. The van der Waals surface area contributed by atoms with Crippen LogP contribution in [0.2, 0.25) is 0 Å². The van der Waals surface area contributed by atoms with Gasteiger partial charge in [-0.2, -0.15) is 0 Å². The summed E-state index contributed by atoms with van der Waals surface area (Å²) in [5.74, 6) is 1.86. The van der Waals surface area contributed by atoms with E-state index in [0.717, 1.165) is 17.9 Å². The van der Waals surface area contributed by atoms with Crippen molar-refractivity contribution in [2.75, 3.05) is 13.6 Å². The highest BCUT2D eigenvalue weighted by Crippen LogP contribution is 2.30. The Hall–Kier alpha value is -0.0800. The van der Waals surface area contributed by atoms with E-state index in [0.29, 0.717) is 6.04 Å². The van der Waals surface area contributed by atoms with E-state index in [1.54, 1.807) is 0 Å². The van der Waals surface area contributed by atoms with Gasteiger partial charge >= 0.3 is 0 Å². The highest BCUT2D eigenvalue weighted by molar-refractivity contribution is 4.86. The summed E-state index contributed by atoms with van der Waals surface area (Å²) in [6.07, 6.45) is 8.20. The SMILES string of the molecule is CC1CCC(N(C)CC2CC(N)C2)CC1. The van der Waals surface area contributed by atoms with Crippen LogP contribution in [0.3, 0.4) is 0 Å². The fourth-order valence-corrected chi connectivity index (χ4v) is 3.18. The van der Waals surface area contributed by atoms with Crippen LogP contribution < -0.4 is 5.73 Å². The number of nitrogens with two attached hydrogens (primary N) is 1. The van der Waals surface area contributed by atoms with E-state index in [-0.39, 0.29) is 0 Å². The van der Waals surface area contributed by atoms with Crippen molar-refractivity contribution in [2.24, 2.45) is 17.6 Å². The maximum Gasteiger partial charge on any atom is 0.00925 e. The topological polar surface area (TPSA) is 29.3 Å². The summed E-state index contributed by atoms with van der Waals surface area (Å²) in [7, 11) is 2.31. The maximum atomic E-state index is 5.82. The zero-order valence-electron chi connectivity index (χ0n) is 10.3. The molecule has 2 aliphatic carbocycles. The summed E-state index contributed by atoms with van der Waals surface area (Å²) in [6, 6.07) is 1.37. The molecule has 88 valence electrons. The maximum absolute atomic E-state index is 5.82. The second-order valence-corrected chi connectivity index (χ2v) is 5.95. The normalized spacial score (nSPS) is 41.6. The van der Waals surface area contributed by atoms with Crippen molar-refractivity contribution >= 4 is 0 Å². The van der Waals surface area contributed by atoms with Crippen LogP contribution in [-0.2, 0) is 0 Å². The fourth-order valence-electron chi connectivity index (χ4n) is 3.18. The molecule has 15 heavy (non-hydrogen) atoms. The average Bonchev–Trinajstić information content (AvgIpc) is 2.16.